The van der Waals surface area contributed by atoms with E-state index in [1.807, 2.05) is 6.92 Å². The van der Waals surface area contributed by atoms with E-state index in [-0.39, 0.29) is 22.8 Å². The van der Waals surface area contributed by atoms with Gasteiger partial charge < -0.3 is 0 Å². The summed E-state index contributed by atoms with van der Waals surface area (Å²) in [7, 11) is 0. The summed E-state index contributed by atoms with van der Waals surface area (Å²) in [6, 6.07) is 2.05. The zero-order chi connectivity index (χ0) is 11.6. The highest BCUT2D eigenvalue weighted by Crippen LogP contribution is 2.18. The van der Waals surface area contributed by atoms with Crippen LogP contribution in [-0.2, 0) is 0 Å². The number of rotatable bonds is 3. The standard InChI is InChI=1S/C12H14F2O/c1-4-7(2)12(15)9-6-10(13)8(3)5-11(9)14/h5-7H,4H2,1-3H3. The molecule has 0 saturated carbocycles. The van der Waals surface area contributed by atoms with Crippen LogP contribution in [0.2, 0.25) is 0 Å². The molecule has 0 spiro atoms. The molecule has 0 aliphatic carbocycles. The molecule has 82 valence electrons. The van der Waals surface area contributed by atoms with Crippen molar-refractivity contribution in [1.29, 1.82) is 0 Å². The van der Waals surface area contributed by atoms with Gasteiger partial charge in [0.1, 0.15) is 11.6 Å². The average Bonchev–Trinajstić information content (AvgIpc) is 2.21. The molecule has 0 aliphatic rings. The van der Waals surface area contributed by atoms with Gasteiger partial charge in [0.25, 0.3) is 0 Å². The summed E-state index contributed by atoms with van der Waals surface area (Å²) >= 11 is 0. The van der Waals surface area contributed by atoms with E-state index in [0.717, 1.165) is 12.1 Å². The van der Waals surface area contributed by atoms with Crippen LogP contribution < -0.4 is 0 Å². The first-order chi connectivity index (χ1) is 6.97. The number of hydrogen-bond donors (Lipinski definition) is 0. The molecule has 1 atom stereocenters. The quantitative estimate of drug-likeness (QED) is 0.701. The van der Waals surface area contributed by atoms with Gasteiger partial charge in [-0.3, -0.25) is 4.79 Å². The van der Waals surface area contributed by atoms with Crippen LogP contribution in [0, 0.1) is 24.5 Å². The number of carbonyl (C=O) groups excluding carboxylic acids is 1. The lowest BCUT2D eigenvalue weighted by Gasteiger charge is -2.09. The molecule has 1 rings (SSSR count). The van der Waals surface area contributed by atoms with E-state index >= 15 is 0 Å². The number of Topliss-reactive ketones (excluding diaryl/α,β-unsaturated/α-hetero) is 1. The normalized spacial score (nSPS) is 12.6. The Morgan fingerprint density at radius 3 is 2.47 bits per heavy atom. The van der Waals surface area contributed by atoms with Crippen molar-refractivity contribution in [3.05, 3.63) is 34.9 Å². The van der Waals surface area contributed by atoms with Crippen LogP contribution in [0.3, 0.4) is 0 Å². The molecule has 0 aromatic heterocycles. The van der Waals surface area contributed by atoms with Crippen molar-refractivity contribution in [3.63, 3.8) is 0 Å². The summed E-state index contributed by atoms with van der Waals surface area (Å²) < 4.78 is 26.6. The fraction of sp³-hybridized carbons (Fsp3) is 0.417. The number of carbonyl (C=O) groups is 1. The minimum atomic E-state index is -0.640. The Morgan fingerprint density at radius 2 is 1.93 bits per heavy atom. The highest BCUT2D eigenvalue weighted by Gasteiger charge is 2.18. The van der Waals surface area contributed by atoms with Crippen molar-refractivity contribution in [2.45, 2.75) is 27.2 Å². The molecule has 1 unspecified atom stereocenters. The summed E-state index contributed by atoms with van der Waals surface area (Å²) in [5, 5.41) is 0. The molecule has 0 fully saturated rings. The van der Waals surface area contributed by atoms with E-state index in [1.165, 1.54) is 6.92 Å². The Kier molecular flexibility index (Phi) is 3.56. The topological polar surface area (TPSA) is 17.1 Å². The second-order valence-electron chi connectivity index (χ2n) is 3.75. The molecular formula is C12H14F2O. The van der Waals surface area contributed by atoms with E-state index in [9.17, 15) is 13.6 Å². The maximum atomic E-state index is 13.4. The molecule has 0 aliphatic heterocycles. The lowest BCUT2D eigenvalue weighted by Crippen LogP contribution is -2.12. The highest BCUT2D eigenvalue weighted by atomic mass is 19.1. The first-order valence-corrected chi connectivity index (χ1v) is 4.97. The van der Waals surface area contributed by atoms with E-state index in [1.54, 1.807) is 6.92 Å². The number of halogens is 2. The Bertz CT molecular complexity index is 385. The van der Waals surface area contributed by atoms with Crippen molar-refractivity contribution in [3.8, 4) is 0 Å². The van der Waals surface area contributed by atoms with Crippen molar-refractivity contribution in [2.24, 2.45) is 5.92 Å². The predicted molar refractivity (Wildman–Crippen MR) is 54.9 cm³/mol. The van der Waals surface area contributed by atoms with Gasteiger partial charge in [0.15, 0.2) is 5.78 Å². The number of aryl methyl sites for hydroxylation is 1. The van der Waals surface area contributed by atoms with Gasteiger partial charge in [-0.2, -0.15) is 0 Å². The molecule has 0 bridgehead atoms. The Hall–Kier alpha value is -1.25. The van der Waals surface area contributed by atoms with Gasteiger partial charge in [-0.15, -0.1) is 0 Å². The van der Waals surface area contributed by atoms with Gasteiger partial charge in [0.05, 0.1) is 5.56 Å². The van der Waals surface area contributed by atoms with Crippen molar-refractivity contribution in [2.75, 3.05) is 0 Å². The third kappa shape index (κ3) is 2.41. The third-order valence-corrected chi connectivity index (χ3v) is 2.57. The van der Waals surface area contributed by atoms with Crippen LogP contribution in [0.25, 0.3) is 0 Å². The van der Waals surface area contributed by atoms with Gasteiger partial charge in [-0.1, -0.05) is 13.8 Å². The molecule has 0 N–H and O–H groups in total. The molecular weight excluding hydrogens is 198 g/mol. The fourth-order valence-electron chi connectivity index (χ4n) is 1.29. The maximum absolute atomic E-state index is 13.4. The Labute approximate surface area is 88.1 Å². The lowest BCUT2D eigenvalue weighted by atomic mass is 9.96. The van der Waals surface area contributed by atoms with Crippen LogP contribution >= 0.6 is 0 Å². The van der Waals surface area contributed by atoms with E-state index in [2.05, 4.69) is 0 Å². The first-order valence-electron chi connectivity index (χ1n) is 4.97. The van der Waals surface area contributed by atoms with Crippen LogP contribution in [0.4, 0.5) is 8.78 Å². The molecule has 1 nitrogen and oxygen atoms in total. The monoisotopic (exact) mass is 212 g/mol. The Morgan fingerprint density at radius 1 is 1.33 bits per heavy atom. The summed E-state index contributed by atoms with van der Waals surface area (Å²) in [5.74, 6) is -1.79. The van der Waals surface area contributed by atoms with Gasteiger partial charge in [0.2, 0.25) is 0 Å². The van der Waals surface area contributed by atoms with Crippen molar-refractivity contribution in [1.82, 2.24) is 0 Å². The van der Waals surface area contributed by atoms with E-state index in [0.29, 0.717) is 6.42 Å². The minimum Gasteiger partial charge on any atom is -0.294 e. The Balaban J connectivity index is 3.15. The number of benzene rings is 1. The third-order valence-electron chi connectivity index (χ3n) is 2.57. The van der Waals surface area contributed by atoms with Crippen LogP contribution in [0.15, 0.2) is 12.1 Å². The smallest absolute Gasteiger partial charge is 0.168 e. The van der Waals surface area contributed by atoms with Gasteiger partial charge in [-0.05, 0) is 31.0 Å². The van der Waals surface area contributed by atoms with E-state index < -0.39 is 11.6 Å². The SMILES string of the molecule is CCC(C)C(=O)c1cc(F)c(C)cc1F. The predicted octanol–water partition coefficient (Wildman–Crippen LogP) is 3.50. The molecule has 15 heavy (non-hydrogen) atoms. The van der Waals surface area contributed by atoms with Crippen LogP contribution in [-0.4, -0.2) is 5.78 Å². The lowest BCUT2D eigenvalue weighted by molar-refractivity contribution is 0.0922. The summed E-state index contributed by atoms with van der Waals surface area (Å²) in [6.45, 7) is 5.01. The van der Waals surface area contributed by atoms with Crippen molar-refractivity contribution >= 4 is 5.78 Å². The van der Waals surface area contributed by atoms with Crippen LogP contribution in [0.5, 0.6) is 0 Å². The molecule has 0 radical (unpaired) electrons. The van der Waals surface area contributed by atoms with E-state index in [4.69, 9.17) is 0 Å². The fourth-order valence-corrected chi connectivity index (χ4v) is 1.29. The average molecular weight is 212 g/mol. The van der Waals surface area contributed by atoms with Gasteiger partial charge in [-0.25, -0.2) is 8.78 Å². The van der Waals surface area contributed by atoms with Crippen molar-refractivity contribution < 1.29 is 13.6 Å². The molecule has 1 aromatic carbocycles. The molecule has 3 heteroatoms. The van der Waals surface area contributed by atoms with Gasteiger partial charge in [0, 0.05) is 5.92 Å². The molecule has 0 heterocycles. The summed E-state index contributed by atoms with van der Waals surface area (Å²) in [5.41, 5.74) is 0.0700. The first kappa shape index (κ1) is 11.8. The zero-order valence-corrected chi connectivity index (χ0v) is 9.10. The largest absolute Gasteiger partial charge is 0.294 e. The summed E-state index contributed by atoms with van der Waals surface area (Å²) in [4.78, 5) is 11.7. The second-order valence-corrected chi connectivity index (χ2v) is 3.75. The second kappa shape index (κ2) is 4.51. The molecule has 0 amide bonds. The summed E-state index contributed by atoms with van der Waals surface area (Å²) in [6.07, 6.45) is 0.619. The van der Waals surface area contributed by atoms with Crippen LogP contribution in [0.1, 0.15) is 36.2 Å². The number of ketones is 1. The van der Waals surface area contributed by atoms with Gasteiger partial charge >= 0.3 is 0 Å². The minimum absolute atomic E-state index is 0.146. The highest BCUT2D eigenvalue weighted by molar-refractivity contribution is 5.97. The maximum Gasteiger partial charge on any atom is 0.168 e. The zero-order valence-electron chi connectivity index (χ0n) is 9.10. The molecule has 1 aromatic rings. The molecule has 0 saturated heterocycles. The number of hydrogen-bond acceptors (Lipinski definition) is 1.